The van der Waals surface area contributed by atoms with Crippen molar-refractivity contribution in [3.8, 4) is 68.8 Å². The van der Waals surface area contributed by atoms with Gasteiger partial charge < -0.3 is 9.13 Å². The van der Waals surface area contributed by atoms with Crippen LogP contribution in [0.15, 0.2) is 164 Å². The van der Waals surface area contributed by atoms with E-state index in [0.29, 0.717) is 28.6 Å². The molecule has 7 heteroatoms. The summed E-state index contributed by atoms with van der Waals surface area (Å²) in [6.07, 6.45) is 0. The van der Waals surface area contributed by atoms with Crippen molar-refractivity contribution in [3.63, 3.8) is 0 Å². The predicted molar refractivity (Wildman–Crippen MR) is 314 cm³/mol. The van der Waals surface area contributed by atoms with E-state index in [1.807, 2.05) is 24.3 Å². The Balaban J connectivity index is 1.26. The molecule has 0 N–H and O–H groups in total. The smallest absolute Gasteiger partial charge is 0.166 e. The molecule has 0 unspecified atom stereocenters. The zero-order chi connectivity index (χ0) is 53.6. The van der Waals surface area contributed by atoms with Gasteiger partial charge in [0.05, 0.1) is 56.7 Å². The zero-order valence-corrected chi connectivity index (χ0v) is 45.7. The minimum atomic E-state index is -0.150. The topological polar surface area (TPSA) is 96.1 Å². The molecule has 0 saturated carbocycles. The van der Waals surface area contributed by atoms with Crippen molar-refractivity contribution in [2.45, 2.75) is 105 Å². The molecule has 11 aromatic rings. The molecule has 0 amide bonds. The average molecular weight is 990 g/mol. The van der Waals surface area contributed by atoms with Crippen LogP contribution in [0.4, 0.5) is 0 Å². The normalized spacial score (nSPS) is 12.4. The summed E-state index contributed by atoms with van der Waals surface area (Å²) in [7, 11) is 0. The summed E-state index contributed by atoms with van der Waals surface area (Å²) in [6.45, 7) is 27.2. The van der Waals surface area contributed by atoms with Crippen LogP contribution in [0.1, 0.15) is 116 Å². The predicted octanol–water partition coefficient (Wildman–Crippen LogP) is 17.7. The van der Waals surface area contributed by atoms with E-state index in [1.54, 1.807) is 0 Å². The lowest BCUT2D eigenvalue weighted by Crippen LogP contribution is -2.17. The van der Waals surface area contributed by atoms with Gasteiger partial charge in [0.15, 0.2) is 17.5 Å². The van der Waals surface area contributed by atoms with Crippen molar-refractivity contribution < 1.29 is 0 Å². The van der Waals surface area contributed by atoms with Crippen LogP contribution >= 0.6 is 0 Å². The second kappa shape index (κ2) is 18.0. The number of hydrogen-bond acceptors (Lipinski definition) is 5. The minimum Gasteiger partial charge on any atom is -0.309 e. The highest BCUT2D eigenvalue weighted by atomic mass is 15.1. The average Bonchev–Trinajstić information content (AvgIpc) is 3.95. The van der Waals surface area contributed by atoms with Gasteiger partial charge in [-0.1, -0.05) is 156 Å². The maximum Gasteiger partial charge on any atom is 0.166 e. The molecule has 0 atom stereocenters. The summed E-state index contributed by atoms with van der Waals surface area (Å²) in [5.74, 6) is 1.72. The molecule has 3 heterocycles. The highest BCUT2D eigenvalue weighted by Gasteiger charge is 2.27. The van der Waals surface area contributed by atoms with Crippen molar-refractivity contribution in [2.24, 2.45) is 0 Å². The van der Waals surface area contributed by atoms with Crippen LogP contribution < -0.4 is 0 Å². The van der Waals surface area contributed by atoms with E-state index in [0.717, 1.165) is 82.8 Å². The molecule has 0 radical (unpaired) electrons. The summed E-state index contributed by atoms with van der Waals surface area (Å²) >= 11 is 0. The van der Waals surface area contributed by atoms with Crippen LogP contribution in [0.3, 0.4) is 0 Å². The third-order valence-corrected chi connectivity index (χ3v) is 15.0. The van der Waals surface area contributed by atoms with Gasteiger partial charge in [0.1, 0.15) is 0 Å². The molecule has 374 valence electrons. The zero-order valence-electron chi connectivity index (χ0n) is 45.7. The first kappa shape index (κ1) is 49.6. The molecule has 0 spiro atoms. The molecule has 0 bridgehead atoms. The fraction of sp³-hybridized carbons (Fsp3) is 0.232. The number of hydrogen-bond donors (Lipinski definition) is 0. The number of aromatic nitrogens is 5. The van der Waals surface area contributed by atoms with Gasteiger partial charge in [-0.3, -0.25) is 0 Å². The highest BCUT2D eigenvalue weighted by molar-refractivity contribution is 6.11. The van der Waals surface area contributed by atoms with Crippen molar-refractivity contribution >= 4 is 43.6 Å². The number of fused-ring (bicyclic) bond motifs is 6. The van der Waals surface area contributed by atoms with Crippen LogP contribution in [0, 0.1) is 22.7 Å². The number of rotatable bonds is 6. The number of benzene rings is 8. The van der Waals surface area contributed by atoms with E-state index in [-0.39, 0.29) is 21.7 Å². The molecular formula is C69H63N7. The molecule has 0 saturated heterocycles. The highest BCUT2D eigenvalue weighted by Crippen LogP contribution is 2.43. The summed E-state index contributed by atoms with van der Waals surface area (Å²) in [5.41, 5.74) is 16.0. The van der Waals surface area contributed by atoms with Gasteiger partial charge in [-0.2, -0.15) is 10.5 Å². The third kappa shape index (κ3) is 8.80. The Morgan fingerprint density at radius 3 is 1.14 bits per heavy atom. The first-order valence-corrected chi connectivity index (χ1v) is 26.3. The summed E-state index contributed by atoms with van der Waals surface area (Å²) in [5, 5.41) is 24.3. The number of para-hydroxylation sites is 3. The maximum absolute atomic E-state index is 10.1. The second-order valence-corrected chi connectivity index (χ2v) is 24.5. The molecule has 0 fully saturated rings. The summed E-state index contributed by atoms with van der Waals surface area (Å²) in [6, 6.07) is 62.4. The fourth-order valence-corrected chi connectivity index (χ4v) is 10.6. The van der Waals surface area contributed by atoms with Gasteiger partial charge >= 0.3 is 0 Å². The molecule has 11 rings (SSSR count). The van der Waals surface area contributed by atoms with E-state index in [4.69, 9.17) is 15.0 Å². The number of nitrogens with zero attached hydrogens (tertiary/aromatic N) is 7. The Labute approximate surface area is 446 Å². The molecule has 76 heavy (non-hydrogen) atoms. The van der Waals surface area contributed by atoms with Gasteiger partial charge in [-0.05, 0) is 140 Å². The first-order chi connectivity index (χ1) is 36.1. The molecule has 8 aromatic carbocycles. The monoisotopic (exact) mass is 990 g/mol. The van der Waals surface area contributed by atoms with Gasteiger partial charge in [0.2, 0.25) is 0 Å². The standard InChI is InChI=1S/C69H63N7/c1-66(2,3)47-33-45(34-48(38-47)67(4,5)6)63-72-64(46-35-49(68(7,8)9)39-50(36-46)69(10,11)12)74-65(73-63)56-37-44(27-30-62(56)76-59-24-18-15-21-53(59)55-32-43(41-71)26-29-61(55)76)51-19-13-16-22-57(51)75-58-23-17-14-20-52(58)54-31-42(40-70)25-28-60(54)75/h13-39H,1-12H3. The van der Waals surface area contributed by atoms with E-state index >= 15 is 0 Å². The van der Waals surface area contributed by atoms with Crippen molar-refractivity contribution in [2.75, 3.05) is 0 Å². The Morgan fingerprint density at radius 2 is 0.711 bits per heavy atom. The van der Waals surface area contributed by atoms with Crippen LogP contribution in [0.5, 0.6) is 0 Å². The van der Waals surface area contributed by atoms with Crippen LogP contribution in [-0.2, 0) is 21.7 Å². The summed E-state index contributed by atoms with van der Waals surface area (Å²) < 4.78 is 4.62. The lowest BCUT2D eigenvalue weighted by molar-refractivity contribution is 0.568. The molecule has 0 aliphatic rings. The Bertz CT molecular complexity index is 4080. The van der Waals surface area contributed by atoms with Crippen LogP contribution in [-0.4, -0.2) is 24.1 Å². The second-order valence-electron chi connectivity index (χ2n) is 24.5. The molecule has 7 nitrogen and oxygen atoms in total. The van der Waals surface area contributed by atoms with E-state index < -0.39 is 0 Å². The van der Waals surface area contributed by atoms with Gasteiger partial charge in [-0.15, -0.1) is 0 Å². The maximum atomic E-state index is 10.1. The van der Waals surface area contributed by atoms with Gasteiger partial charge in [0.25, 0.3) is 0 Å². The Kier molecular flexibility index (Phi) is 11.8. The number of nitriles is 2. The van der Waals surface area contributed by atoms with Crippen molar-refractivity contribution in [3.05, 3.63) is 197 Å². The van der Waals surface area contributed by atoms with E-state index in [2.05, 4.69) is 244 Å². The Morgan fingerprint density at radius 1 is 0.329 bits per heavy atom. The summed E-state index contributed by atoms with van der Waals surface area (Å²) in [4.78, 5) is 16.8. The molecule has 3 aromatic heterocycles. The fourth-order valence-electron chi connectivity index (χ4n) is 10.6. The SMILES string of the molecule is CC(C)(C)c1cc(-c2nc(-c3cc(C(C)(C)C)cc(C(C)(C)C)c3)nc(-c3cc(-c4ccccc4-n4c5ccccc5c5cc(C#N)ccc54)ccc3-n3c4ccccc4c4cc(C#N)ccc43)n2)cc(C(C)(C)C)c1. The Hall–Kier alpha value is -8.65. The lowest BCUT2D eigenvalue weighted by atomic mass is 9.79. The quantitative estimate of drug-likeness (QED) is 0.165. The van der Waals surface area contributed by atoms with Gasteiger partial charge in [0, 0.05) is 43.8 Å². The molecule has 0 aliphatic heterocycles. The third-order valence-electron chi connectivity index (χ3n) is 15.0. The largest absolute Gasteiger partial charge is 0.309 e. The van der Waals surface area contributed by atoms with Crippen LogP contribution in [0.2, 0.25) is 0 Å². The molecule has 0 aliphatic carbocycles. The van der Waals surface area contributed by atoms with Crippen molar-refractivity contribution in [1.29, 1.82) is 10.5 Å². The lowest BCUT2D eigenvalue weighted by Gasteiger charge is -2.26. The van der Waals surface area contributed by atoms with E-state index in [1.165, 1.54) is 22.3 Å². The first-order valence-electron chi connectivity index (χ1n) is 26.3. The minimum absolute atomic E-state index is 0.150. The van der Waals surface area contributed by atoms with E-state index in [9.17, 15) is 10.5 Å². The van der Waals surface area contributed by atoms with Gasteiger partial charge in [-0.25, -0.2) is 15.0 Å². The molecular weight excluding hydrogens is 927 g/mol. The van der Waals surface area contributed by atoms with Crippen LogP contribution in [0.25, 0.3) is 100 Å². The van der Waals surface area contributed by atoms with Crippen molar-refractivity contribution in [1.82, 2.24) is 24.1 Å².